The normalized spacial score (nSPS) is 23.6. The van der Waals surface area contributed by atoms with Crippen molar-refractivity contribution in [3.63, 3.8) is 0 Å². The van der Waals surface area contributed by atoms with Crippen molar-refractivity contribution in [3.8, 4) is 23.0 Å². The minimum atomic E-state index is -0.692. The first-order valence-corrected chi connectivity index (χ1v) is 22.0. The lowest BCUT2D eigenvalue weighted by Crippen LogP contribution is -2.48. The fraction of sp³-hybridized carbons (Fsp3) is 0.510. The van der Waals surface area contributed by atoms with Crippen molar-refractivity contribution >= 4 is 22.7 Å². The average Bonchev–Trinajstić information content (AvgIpc) is 3.69. The van der Waals surface area contributed by atoms with E-state index in [1.165, 1.54) is 11.1 Å². The molecule has 4 aromatic rings. The number of allylic oxidation sites excluding steroid dienone is 1. The van der Waals surface area contributed by atoms with E-state index in [0.29, 0.717) is 62.2 Å². The van der Waals surface area contributed by atoms with Gasteiger partial charge in [-0.2, -0.15) is 0 Å². The minimum Gasteiger partial charge on any atom is -0.493 e. The van der Waals surface area contributed by atoms with Gasteiger partial charge in [-0.1, -0.05) is 31.5 Å². The van der Waals surface area contributed by atoms with Gasteiger partial charge in [-0.15, -0.1) is 0 Å². The number of piperidine rings is 1. The second-order valence-electron chi connectivity index (χ2n) is 16.9. The zero-order valence-electron chi connectivity index (χ0n) is 36.5. The molecule has 1 saturated heterocycles. The molecule has 4 aliphatic rings. The number of hydrogen-bond acceptors (Lipinski definition) is 10. The number of rotatable bonds is 14. The number of amides is 1. The van der Waals surface area contributed by atoms with Crippen LogP contribution in [0.2, 0.25) is 0 Å². The van der Waals surface area contributed by atoms with Gasteiger partial charge in [0, 0.05) is 63.1 Å². The van der Waals surface area contributed by atoms with Crippen LogP contribution in [-0.2, 0) is 27.1 Å². The second-order valence-corrected chi connectivity index (χ2v) is 16.9. The number of hydrogen-bond donors (Lipinski definition) is 1. The number of aromatic nitrogens is 1. The summed E-state index contributed by atoms with van der Waals surface area (Å²) in [6.45, 7) is 6.79. The van der Waals surface area contributed by atoms with E-state index in [4.69, 9.17) is 28.4 Å². The quantitative estimate of drug-likeness (QED) is 0.125. The highest BCUT2D eigenvalue weighted by Crippen LogP contribution is 2.50. The molecule has 0 saturated carbocycles. The van der Waals surface area contributed by atoms with Crippen LogP contribution in [0, 0.1) is 11.8 Å². The molecular weight excluding hydrogens is 775 g/mol. The number of methoxy groups -OCH3 is 4. The van der Waals surface area contributed by atoms with Crippen LogP contribution in [0.15, 0.2) is 66.6 Å². The van der Waals surface area contributed by atoms with E-state index >= 15 is 4.79 Å². The Balaban J connectivity index is 1.17. The van der Waals surface area contributed by atoms with Crippen molar-refractivity contribution in [3.05, 3.63) is 94.4 Å². The third-order valence-corrected chi connectivity index (χ3v) is 13.7. The second kappa shape index (κ2) is 18.5. The highest BCUT2D eigenvalue weighted by atomic mass is 16.7. The summed E-state index contributed by atoms with van der Waals surface area (Å²) in [5, 5.41) is 10.4. The van der Waals surface area contributed by atoms with Crippen LogP contribution in [0.4, 0.5) is 0 Å². The Kier molecular flexibility index (Phi) is 12.9. The molecule has 0 bridgehead atoms. The lowest BCUT2D eigenvalue weighted by molar-refractivity contribution is -0.155. The summed E-state index contributed by atoms with van der Waals surface area (Å²) in [5.41, 5.74) is 6.59. The largest absolute Gasteiger partial charge is 0.493 e. The lowest BCUT2D eigenvalue weighted by Gasteiger charge is -2.49. The van der Waals surface area contributed by atoms with Crippen LogP contribution < -0.4 is 18.9 Å². The van der Waals surface area contributed by atoms with Gasteiger partial charge >= 0.3 is 0 Å². The van der Waals surface area contributed by atoms with Gasteiger partial charge in [0.25, 0.3) is 5.91 Å². The molecule has 1 aromatic heterocycles. The maximum atomic E-state index is 15.3. The first kappa shape index (κ1) is 42.6. The Bertz CT molecular complexity index is 2270. The van der Waals surface area contributed by atoms with E-state index in [-0.39, 0.29) is 42.2 Å². The van der Waals surface area contributed by atoms with E-state index in [1.807, 2.05) is 41.4 Å². The topological polar surface area (TPSA) is 121 Å². The number of aliphatic hydroxyl groups excluding tert-OH is 1. The Morgan fingerprint density at radius 2 is 1.49 bits per heavy atom. The highest BCUT2D eigenvalue weighted by molar-refractivity contribution is 5.95. The molecule has 326 valence electrons. The van der Waals surface area contributed by atoms with Gasteiger partial charge in [0.05, 0.1) is 46.6 Å². The predicted octanol–water partition coefficient (Wildman–Crippen LogP) is 8.00. The van der Waals surface area contributed by atoms with Crippen molar-refractivity contribution < 1.29 is 43.1 Å². The van der Waals surface area contributed by atoms with Gasteiger partial charge in [-0.05, 0) is 115 Å². The maximum Gasteiger partial charge on any atom is 0.289 e. The summed E-state index contributed by atoms with van der Waals surface area (Å²) in [6, 6.07) is 16.3. The Hall–Kier alpha value is -5.04. The molecule has 61 heavy (non-hydrogen) atoms. The van der Waals surface area contributed by atoms with Crippen LogP contribution in [0.1, 0.15) is 103 Å². The molecule has 1 fully saturated rings. The molecule has 0 aliphatic carbocycles. The van der Waals surface area contributed by atoms with Gasteiger partial charge in [-0.3, -0.25) is 19.1 Å². The third-order valence-electron chi connectivity index (χ3n) is 13.7. The lowest BCUT2D eigenvalue weighted by atomic mass is 9.72. The molecule has 12 nitrogen and oxygen atoms in total. The molecule has 1 N–H and O–H groups in total. The Morgan fingerprint density at radius 3 is 2.18 bits per heavy atom. The first-order valence-electron chi connectivity index (χ1n) is 22.0. The molecule has 8 rings (SSSR count). The molecule has 6 unspecified atom stereocenters. The summed E-state index contributed by atoms with van der Waals surface area (Å²) in [5.74, 6) is 3.29. The van der Waals surface area contributed by atoms with Crippen molar-refractivity contribution in [1.82, 2.24) is 14.4 Å². The monoisotopic (exact) mass is 835 g/mol. The Morgan fingerprint density at radius 1 is 0.820 bits per heavy atom. The highest BCUT2D eigenvalue weighted by Gasteiger charge is 2.43. The zero-order valence-corrected chi connectivity index (χ0v) is 36.5. The fourth-order valence-electron chi connectivity index (χ4n) is 10.5. The van der Waals surface area contributed by atoms with E-state index in [0.717, 1.165) is 77.9 Å². The number of para-hydroxylation sites is 1. The van der Waals surface area contributed by atoms with Crippen LogP contribution in [0.3, 0.4) is 0 Å². The van der Waals surface area contributed by atoms with Crippen molar-refractivity contribution in [2.75, 3.05) is 61.3 Å². The molecule has 12 heteroatoms. The van der Waals surface area contributed by atoms with Crippen molar-refractivity contribution in [1.29, 1.82) is 0 Å². The summed E-state index contributed by atoms with van der Waals surface area (Å²) in [6.07, 6.45) is 9.26. The SMILES string of the molecule is CCC1CN2CCc3cc(OC)c(OC)cc3C2CC1CC1c2cc(OC)c(OC)cc2CCN1C(=O)C1=CC(c2cn(C(C)=O)c3ccccc23)CC(OCCCCO)O1. The van der Waals surface area contributed by atoms with Gasteiger partial charge in [0.2, 0.25) is 12.2 Å². The van der Waals surface area contributed by atoms with Crippen molar-refractivity contribution in [2.24, 2.45) is 11.8 Å². The van der Waals surface area contributed by atoms with E-state index < -0.39 is 6.29 Å². The molecule has 5 heterocycles. The van der Waals surface area contributed by atoms with Crippen molar-refractivity contribution in [2.45, 2.75) is 89.5 Å². The summed E-state index contributed by atoms with van der Waals surface area (Å²) >= 11 is 0. The van der Waals surface area contributed by atoms with E-state index in [1.54, 1.807) is 39.9 Å². The fourth-order valence-corrected chi connectivity index (χ4v) is 10.5. The number of unbranched alkanes of at least 4 members (excludes halogenated alkanes) is 1. The van der Waals surface area contributed by atoms with Crippen LogP contribution >= 0.6 is 0 Å². The number of nitrogens with zero attached hydrogens (tertiary/aromatic N) is 3. The molecular formula is C49H61N3O9. The maximum absolute atomic E-state index is 15.3. The first-order chi connectivity index (χ1) is 29.7. The van der Waals surface area contributed by atoms with Gasteiger partial charge in [-0.25, -0.2) is 0 Å². The molecule has 4 aliphatic heterocycles. The molecule has 0 spiro atoms. The van der Waals surface area contributed by atoms with E-state index in [9.17, 15) is 9.90 Å². The average molecular weight is 836 g/mol. The van der Waals surface area contributed by atoms with Gasteiger partial charge < -0.3 is 38.4 Å². The minimum absolute atomic E-state index is 0.0777. The number of ether oxygens (including phenoxy) is 6. The number of aliphatic hydroxyl groups is 1. The number of carbonyl (C=O) groups excluding carboxylic acids is 2. The van der Waals surface area contributed by atoms with Crippen LogP contribution in [-0.4, -0.2) is 98.9 Å². The molecule has 3 aromatic carbocycles. The summed E-state index contributed by atoms with van der Waals surface area (Å²) < 4.78 is 37.7. The molecule has 6 atom stereocenters. The number of benzene rings is 3. The Labute approximate surface area is 359 Å². The van der Waals surface area contributed by atoms with Gasteiger partial charge in [0.15, 0.2) is 28.8 Å². The molecule has 0 radical (unpaired) electrons. The smallest absolute Gasteiger partial charge is 0.289 e. The van der Waals surface area contributed by atoms with Gasteiger partial charge in [0.1, 0.15) is 0 Å². The molecule has 1 amide bonds. The van der Waals surface area contributed by atoms with E-state index in [2.05, 4.69) is 36.1 Å². The zero-order chi connectivity index (χ0) is 42.8. The number of carbonyl (C=O) groups is 2. The van der Waals surface area contributed by atoms with Crippen LogP contribution in [0.5, 0.6) is 23.0 Å². The third kappa shape index (κ3) is 8.34. The number of fused-ring (bicyclic) bond motifs is 5. The standard InChI is InChI=1S/C49H61N3O9/c1-7-31-28-50-16-14-32-22-43(56-3)45(58-5)26-37(32)41(50)20-34(31)21-42-38-27-46(59-6)44(57-4)23-33(38)15-17-51(42)49(55)47-24-35(25-48(61-47)60-19-11-10-18-53)39-29-52(30(2)54)40-13-9-8-12-36(39)40/h8-9,12-13,22-24,26-27,29,31,34-35,41-42,48,53H,7,10-11,14-21,25,28H2,1-6H3. The van der Waals surface area contributed by atoms with Crippen LogP contribution in [0.25, 0.3) is 10.9 Å². The summed E-state index contributed by atoms with van der Waals surface area (Å²) in [4.78, 5) is 32.8. The summed E-state index contributed by atoms with van der Waals surface area (Å²) in [7, 11) is 6.70. The predicted molar refractivity (Wildman–Crippen MR) is 233 cm³/mol.